The van der Waals surface area contributed by atoms with Gasteiger partial charge in [0.25, 0.3) is 5.91 Å². The summed E-state index contributed by atoms with van der Waals surface area (Å²) < 4.78 is 1.67. The number of aromatic nitrogens is 2. The van der Waals surface area contributed by atoms with Crippen molar-refractivity contribution in [1.82, 2.24) is 15.1 Å². The lowest BCUT2D eigenvalue weighted by atomic mass is 9.75. The molecule has 0 bridgehead atoms. The molecule has 1 aromatic carbocycles. The van der Waals surface area contributed by atoms with E-state index in [1.165, 1.54) is 6.42 Å². The van der Waals surface area contributed by atoms with Crippen LogP contribution >= 0.6 is 0 Å². The van der Waals surface area contributed by atoms with Gasteiger partial charge in [-0.3, -0.25) is 4.79 Å². The Labute approximate surface area is 124 Å². The van der Waals surface area contributed by atoms with Gasteiger partial charge in [0.1, 0.15) is 0 Å². The van der Waals surface area contributed by atoms with Crippen LogP contribution in [0.25, 0.3) is 5.69 Å². The average Bonchev–Trinajstić information content (AvgIpc) is 2.92. The summed E-state index contributed by atoms with van der Waals surface area (Å²) >= 11 is 0. The normalized spacial score (nSPS) is 16.2. The van der Waals surface area contributed by atoms with Crippen LogP contribution < -0.4 is 11.1 Å². The third-order valence-corrected chi connectivity index (χ3v) is 4.32. The summed E-state index contributed by atoms with van der Waals surface area (Å²) in [5.74, 6) is -0.0980. The molecule has 2 aromatic rings. The van der Waals surface area contributed by atoms with Crippen molar-refractivity contribution in [2.75, 3.05) is 5.73 Å². The van der Waals surface area contributed by atoms with Crippen molar-refractivity contribution in [3.05, 3.63) is 42.2 Å². The second-order valence-corrected chi connectivity index (χ2v) is 5.68. The van der Waals surface area contributed by atoms with Crippen LogP contribution in [0.3, 0.4) is 0 Å². The van der Waals surface area contributed by atoms with E-state index in [-0.39, 0.29) is 11.4 Å². The Morgan fingerprint density at radius 1 is 1.43 bits per heavy atom. The molecule has 1 heterocycles. The first-order valence-corrected chi connectivity index (χ1v) is 7.36. The Kier molecular flexibility index (Phi) is 3.41. The maximum Gasteiger partial charge on any atom is 0.272 e. The van der Waals surface area contributed by atoms with Crippen molar-refractivity contribution in [3.63, 3.8) is 0 Å². The topological polar surface area (TPSA) is 72.9 Å². The molecule has 3 rings (SSSR count). The molecule has 1 fully saturated rings. The van der Waals surface area contributed by atoms with E-state index in [0.717, 1.165) is 24.9 Å². The Balaban J connectivity index is 1.77. The molecule has 1 saturated carbocycles. The fourth-order valence-electron chi connectivity index (χ4n) is 2.73. The third-order valence-electron chi connectivity index (χ3n) is 4.32. The van der Waals surface area contributed by atoms with Crippen LogP contribution in [0.5, 0.6) is 0 Å². The van der Waals surface area contributed by atoms with Gasteiger partial charge in [-0.1, -0.05) is 13.0 Å². The molecule has 0 radical (unpaired) electrons. The minimum atomic E-state index is -0.0980. The number of amides is 1. The monoisotopic (exact) mass is 284 g/mol. The highest BCUT2D eigenvalue weighted by atomic mass is 16.2. The summed E-state index contributed by atoms with van der Waals surface area (Å²) in [7, 11) is 0. The van der Waals surface area contributed by atoms with Gasteiger partial charge in [0, 0.05) is 17.4 Å². The molecule has 0 unspecified atom stereocenters. The van der Waals surface area contributed by atoms with Gasteiger partial charge >= 0.3 is 0 Å². The van der Waals surface area contributed by atoms with Gasteiger partial charge in [0.2, 0.25) is 0 Å². The van der Waals surface area contributed by atoms with Gasteiger partial charge in [0.15, 0.2) is 5.69 Å². The molecular formula is C16H20N4O. The van der Waals surface area contributed by atoms with Crippen molar-refractivity contribution >= 4 is 11.6 Å². The largest absolute Gasteiger partial charge is 0.399 e. The molecule has 1 amide bonds. The molecule has 110 valence electrons. The van der Waals surface area contributed by atoms with Crippen LogP contribution in [0.2, 0.25) is 0 Å². The SMILES string of the molecule is CCC1(NC(=O)c2ccn(-c3cccc(N)c3)n2)CCC1. The van der Waals surface area contributed by atoms with E-state index in [0.29, 0.717) is 11.4 Å². The average molecular weight is 284 g/mol. The lowest BCUT2D eigenvalue weighted by Gasteiger charge is -2.41. The number of nitrogens with one attached hydrogen (secondary N) is 1. The Hall–Kier alpha value is -2.30. The number of nitrogens with two attached hydrogens (primary N) is 1. The molecule has 0 spiro atoms. The van der Waals surface area contributed by atoms with Gasteiger partial charge in [-0.25, -0.2) is 4.68 Å². The number of nitrogens with zero attached hydrogens (tertiary/aromatic N) is 2. The van der Waals surface area contributed by atoms with E-state index in [9.17, 15) is 4.79 Å². The van der Waals surface area contributed by atoms with Crippen LogP contribution in [0.1, 0.15) is 43.1 Å². The maximum absolute atomic E-state index is 12.3. The number of rotatable bonds is 4. The smallest absolute Gasteiger partial charge is 0.272 e. The number of nitrogen functional groups attached to an aromatic ring is 1. The van der Waals surface area contributed by atoms with E-state index in [1.54, 1.807) is 16.9 Å². The second kappa shape index (κ2) is 5.24. The van der Waals surface area contributed by atoms with E-state index >= 15 is 0 Å². The van der Waals surface area contributed by atoms with Crippen LogP contribution in [0, 0.1) is 0 Å². The molecule has 5 heteroatoms. The number of hydrogen-bond donors (Lipinski definition) is 2. The minimum absolute atomic E-state index is 0.0158. The Morgan fingerprint density at radius 2 is 2.24 bits per heavy atom. The van der Waals surface area contributed by atoms with Gasteiger partial charge < -0.3 is 11.1 Å². The highest BCUT2D eigenvalue weighted by molar-refractivity contribution is 5.92. The van der Waals surface area contributed by atoms with Gasteiger partial charge in [-0.05, 0) is 49.9 Å². The molecule has 1 aliphatic rings. The molecule has 0 aliphatic heterocycles. The zero-order chi connectivity index (χ0) is 14.9. The second-order valence-electron chi connectivity index (χ2n) is 5.68. The summed E-state index contributed by atoms with van der Waals surface area (Å²) in [5, 5.41) is 7.48. The minimum Gasteiger partial charge on any atom is -0.399 e. The highest BCUT2D eigenvalue weighted by Crippen LogP contribution is 2.34. The van der Waals surface area contributed by atoms with Crippen LogP contribution in [-0.2, 0) is 0 Å². The van der Waals surface area contributed by atoms with Crippen LogP contribution in [0.4, 0.5) is 5.69 Å². The molecule has 21 heavy (non-hydrogen) atoms. The van der Waals surface area contributed by atoms with E-state index in [1.807, 2.05) is 24.3 Å². The quantitative estimate of drug-likeness (QED) is 0.847. The summed E-state index contributed by atoms with van der Waals surface area (Å²) in [6.07, 6.45) is 6.06. The molecule has 5 nitrogen and oxygen atoms in total. The fraction of sp³-hybridized carbons (Fsp3) is 0.375. The molecular weight excluding hydrogens is 264 g/mol. The zero-order valence-corrected chi connectivity index (χ0v) is 12.2. The van der Waals surface area contributed by atoms with Gasteiger partial charge in [-0.15, -0.1) is 0 Å². The predicted octanol–water partition coefficient (Wildman–Crippen LogP) is 2.52. The van der Waals surface area contributed by atoms with Gasteiger partial charge in [-0.2, -0.15) is 5.10 Å². The Morgan fingerprint density at radius 3 is 2.86 bits per heavy atom. The standard InChI is InChI=1S/C16H20N4O/c1-2-16(8-4-9-16)18-15(21)14-7-10-20(19-14)13-6-3-5-12(17)11-13/h3,5-7,10-11H,2,4,8-9,17H2,1H3,(H,18,21). The molecule has 0 atom stereocenters. The van der Waals surface area contributed by atoms with Crippen molar-refractivity contribution in [2.24, 2.45) is 0 Å². The number of hydrogen-bond acceptors (Lipinski definition) is 3. The number of benzene rings is 1. The summed E-state index contributed by atoms with van der Waals surface area (Å²) in [5.41, 5.74) is 7.72. The first-order valence-electron chi connectivity index (χ1n) is 7.36. The van der Waals surface area contributed by atoms with E-state index in [2.05, 4.69) is 17.3 Å². The molecule has 0 saturated heterocycles. The summed E-state index contributed by atoms with van der Waals surface area (Å²) in [6, 6.07) is 9.16. The van der Waals surface area contributed by atoms with Crippen molar-refractivity contribution < 1.29 is 4.79 Å². The van der Waals surface area contributed by atoms with E-state index < -0.39 is 0 Å². The number of carbonyl (C=O) groups excluding carboxylic acids is 1. The molecule has 1 aromatic heterocycles. The molecule has 1 aliphatic carbocycles. The fourth-order valence-corrected chi connectivity index (χ4v) is 2.73. The van der Waals surface area contributed by atoms with Crippen molar-refractivity contribution in [2.45, 2.75) is 38.1 Å². The van der Waals surface area contributed by atoms with Crippen molar-refractivity contribution in [1.29, 1.82) is 0 Å². The number of anilines is 1. The lowest BCUT2D eigenvalue weighted by Crippen LogP contribution is -2.53. The van der Waals surface area contributed by atoms with Crippen molar-refractivity contribution in [3.8, 4) is 5.69 Å². The van der Waals surface area contributed by atoms with Gasteiger partial charge in [0.05, 0.1) is 5.69 Å². The first-order chi connectivity index (χ1) is 10.1. The highest BCUT2D eigenvalue weighted by Gasteiger charge is 2.36. The maximum atomic E-state index is 12.3. The predicted molar refractivity (Wildman–Crippen MR) is 82.3 cm³/mol. The summed E-state index contributed by atoms with van der Waals surface area (Å²) in [4.78, 5) is 12.3. The van der Waals surface area contributed by atoms with E-state index in [4.69, 9.17) is 5.73 Å². The lowest BCUT2D eigenvalue weighted by molar-refractivity contribution is 0.0815. The van der Waals surface area contributed by atoms with Crippen LogP contribution in [-0.4, -0.2) is 21.2 Å². The number of carbonyl (C=O) groups is 1. The van der Waals surface area contributed by atoms with Crippen LogP contribution in [0.15, 0.2) is 36.5 Å². The molecule has 3 N–H and O–H groups in total. The third kappa shape index (κ3) is 2.63. The first kappa shape index (κ1) is 13.7. The zero-order valence-electron chi connectivity index (χ0n) is 12.2. The Bertz CT molecular complexity index is 652. The summed E-state index contributed by atoms with van der Waals surface area (Å²) in [6.45, 7) is 2.12.